The van der Waals surface area contributed by atoms with E-state index in [0.717, 1.165) is 18.8 Å². The van der Waals surface area contributed by atoms with Gasteiger partial charge in [0.15, 0.2) is 0 Å². The van der Waals surface area contributed by atoms with Gasteiger partial charge in [-0.05, 0) is 37.0 Å². The lowest BCUT2D eigenvalue weighted by Crippen LogP contribution is -2.24. The average molecular weight is 330 g/mol. The number of hydrogen-bond acceptors (Lipinski definition) is 3. The van der Waals surface area contributed by atoms with Crippen LogP contribution in [0.15, 0.2) is 29.2 Å². The lowest BCUT2D eigenvalue weighted by molar-refractivity contribution is 0.0952. The van der Waals surface area contributed by atoms with Crippen LogP contribution in [-0.2, 0) is 9.05 Å². The Bertz CT molecular complexity index is 595. The highest BCUT2D eigenvalue weighted by Crippen LogP contribution is 2.28. The molecule has 1 saturated carbocycles. The fraction of sp³-hybridized carbons (Fsp3) is 0.533. The summed E-state index contributed by atoms with van der Waals surface area (Å²) >= 11 is 0. The Balaban J connectivity index is 1.82. The molecular formula is C15H20ClNO3S. The molecule has 1 fully saturated rings. The molecule has 21 heavy (non-hydrogen) atoms. The van der Waals surface area contributed by atoms with Gasteiger partial charge in [0.25, 0.3) is 15.0 Å². The summed E-state index contributed by atoms with van der Waals surface area (Å²) in [6, 6.07) is 5.77. The predicted octanol–water partition coefficient (Wildman–Crippen LogP) is 3.31. The minimum Gasteiger partial charge on any atom is -0.352 e. The second-order valence-corrected chi connectivity index (χ2v) is 8.08. The number of nitrogens with one attached hydrogen (secondary N) is 1. The van der Waals surface area contributed by atoms with Crippen LogP contribution >= 0.6 is 10.7 Å². The highest BCUT2D eigenvalue weighted by atomic mass is 35.7. The van der Waals surface area contributed by atoms with Crippen LogP contribution in [0, 0.1) is 5.92 Å². The molecule has 1 amide bonds. The Morgan fingerprint density at radius 2 is 2.00 bits per heavy atom. The molecule has 6 heteroatoms. The molecule has 0 aliphatic heterocycles. The largest absolute Gasteiger partial charge is 0.352 e. The molecule has 0 spiro atoms. The van der Waals surface area contributed by atoms with Crippen LogP contribution < -0.4 is 5.32 Å². The Hall–Kier alpha value is -1.07. The molecular weight excluding hydrogens is 310 g/mol. The molecule has 1 aliphatic carbocycles. The Morgan fingerprint density at radius 1 is 1.29 bits per heavy atom. The molecule has 0 heterocycles. The van der Waals surface area contributed by atoms with Crippen LogP contribution in [0.5, 0.6) is 0 Å². The first-order valence-electron chi connectivity index (χ1n) is 7.30. The maximum atomic E-state index is 12.0. The fourth-order valence-corrected chi connectivity index (χ4v) is 3.58. The molecule has 1 aromatic carbocycles. The maximum Gasteiger partial charge on any atom is 0.261 e. The van der Waals surface area contributed by atoms with E-state index in [1.54, 1.807) is 6.07 Å². The lowest BCUT2D eigenvalue weighted by Gasteiger charge is -2.09. The van der Waals surface area contributed by atoms with Gasteiger partial charge in [-0.25, -0.2) is 8.42 Å². The summed E-state index contributed by atoms with van der Waals surface area (Å²) in [5.41, 5.74) is 0.317. The van der Waals surface area contributed by atoms with Crippen LogP contribution in [0.4, 0.5) is 0 Å². The predicted molar refractivity (Wildman–Crippen MR) is 83.0 cm³/mol. The summed E-state index contributed by atoms with van der Waals surface area (Å²) < 4.78 is 22.5. The topological polar surface area (TPSA) is 63.2 Å². The minimum absolute atomic E-state index is 0.0530. The van der Waals surface area contributed by atoms with E-state index in [1.165, 1.54) is 43.9 Å². The van der Waals surface area contributed by atoms with Crippen molar-refractivity contribution in [2.45, 2.75) is 43.4 Å². The number of carbonyl (C=O) groups is 1. The molecule has 0 atom stereocenters. The zero-order chi connectivity index (χ0) is 15.3. The van der Waals surface area contributed by atoms with E-state index in [0.29, 0.717) is 12.1 Å². The zero-order valence-corrected chi connectivity index (χ0v) is 13.4. The second kappa shape index (κ2) is 7.27. The summed E-state index contributed by atoms with van der Waals surface area (Å²) in [5, 5.41) is 2.82. The minimum atomic E-state index is -3.80. The molecule has 0 unspecified atom stereocenters. The number of halogens is 1. The molecule has 0 bridgehead atoms. The summed E-state index contributed by atoms with van der Waals surface area (Å²) in [5.74, 6) is 0.551. The standard InChI is InChI=1S/C15H20ClNO3S/c16-21(19,20)14-9-3-8-13(11-14)15(18)17-10-4-7-12-5-1-2-6-12/h3,8-9,11-12H,1-2,4-7,10H2,(H,17,18). The molecule has 0 saturated heterocycles. The molecule has 1 aliphatic rings. The highest BCUT2D eigenvalue weighted by molar-refractivity contribution is 8.13. The van der Waals surface area contributed by atoms with Gasteiger partial charge >= 0.3 is 0 Å². The SMILES string of the molecule is O=C(NCCCC1CCCC1)c1cccc(S(=O)(=O)Cl)c1. The molecule has 4 nitrogen and oxygen atoms in total. The first-order chi connectivity index (χ1) is 9.97. The van der Waals surface area contributed by atoms with Gasteiger partial charge in [-0.2, -0.15) is 0 Å². The van der Waals surface area contributed by atoms with Crippen molar-refractivity contribution in [1.29, 1.82) is 0 Å². The highest BCUT2D eigenvalue weighted by Gasteiger charge is 2.15. The van der Waals surface area contributed by atoms with Gasteiger partial charge in [0.2, 0.25) is 0 Å². The molecule has 2 rings (SSSR count). The summed E-state index contributed by atoms with van der Waals surface area (Å²) in [6.45, 7) is 0.618. The van der Waals surface area contributed by atoms with Crippen LogP contribution in [-0.4, -0.2) is 20.9 Å². The number of carbonyl (C=O) groups excluding carboxylic acids is 1. The molecule has 0 radical (unpaired) electrons. The third-order valence-electron chi connectivity index (χ3n) is 3.93. The van der Waals surface area contributed by atoms with Crippen molar-refractivity contribution in [1.82, 2.24) is 5.32 Å². The number of rotatable bonds is 6. The van der Waals surface area contributed by atoms with Gasteiger partial charge in [-0.15, -0.1) is 0 Å². The van der Waals surface area contributed by atoms with E-state index < -0.39 is 9.05 Å². The fourth-order valence-electron chi connectivity index (χ4n) is 2.78. The smallest absolute Gasteiger partial charge is 0.261 e. The van der Waals surface area contributed by atoms with E-state index in [4.69, 9.17) is 10.7 Å². The normalized spacial score (nSPS) is 16.0. The van der Waals surface area contributed by atoms with E-state index >= 15 is 0 Å². The van der Waals surface area contributed by atoms with E-state index in [9.17, 15) is 13.2 Å². The summed E-state index contributed by atoms with van der Waals surface area (Å²) in [4.78, 5) is 11.9. The summed E-state index contributed by atoms with van der Waals surface area (Å²) in [7, 11) is 1.47. The van der Waals surface area contributed by atoms with Crippen molar-refractivity contribution in [2.75, 3.05) is 6.54 Å². The average Bonchev–Trinajstić information content (AvgIpc) is 2.96. The van der Waals surface area contributed by atoms with Gasteiger partial charge in [0, 0.05) is 22.8 Å². The second-order valence-electron chi connectivity index (χ2n) is 5.51. The van der Waals surface area contributed by atoms with Gasteiger partial charge in [0.1, 0.15) is 0 Å². The third kappa shape index (κ3) is 5.00. The maximum absolute atomic E-state index is 12.0. The van der Waals surface area contributed by atoms with Gasteiger partial charge in [0.05, 0.1) is 4.90 Å². The van der Waals surface area contributed by atoms with Crippen LogP contribution in [0.1, 0.15) is 48.9 Å². The summed E-state index contributed by atoms with van der Waals surface area (Å²) in [6.07, 6.45) is 7.39. The van der Waals surface area contributed by atoms with Gasteiger partial charge in [-0.1, -0.05) is 31.7 Å². The van der Waals surface area contributed by atoms with Crippen molar-refractivity contribution in [3.05, 3.63) is 29.8 Å². The molecule has 0 aromatic heterocycles. The Morgan fingerprint density at radius 3 is 2.67 bits per heavy atom. The van der Waals surface area contributed by atoms with Gasteiger partial charge < -0.3 is 5.32 Å². The monoisotopic (exact) mass is 329 g/mol. The van der Waals surface area contributed by atoms with Gasteiger partial charge in [-0.3, -0.25) is 4.79 Å². The number of amides is 1. The van der Waals surface area contributed by atoms with Crippen LogP contribution in [0.2, 0.25) is 0 Å². The van der Waals surface area contributed by atoms with E-state index in [-0.39, 0.29) is 10.8 Å². The quantitative estimate of drug-likeness (QED) is 0.643. The van der Waals surface area contributed by atoms with Crippen molar-refractivity contribution in [3.8, 4) is 0 Å². The Kier molecular flexibility index (Phi) is 5.65. The van der Waals surface area contributed by atoms with Crippen molar-refractivity contribution >= 4 is 25.6 Å². The lowest BCUT2D eigenvalue weighted by atomic mass is 10.0. The molecule has 1 N–H and O–H groups in total. The third-order valence-corrected chi connectivity index (χ3v) is 5.28. The number of benzene rings is 1. The van der Waals surface area contributed by atoms with Crippen molar-refractivity contribution in [3.63, 3.8) is 0 Å². The van der Waals surface area contributed by atoms with Crippen molar-refractivity contribution < 1.29 is 13.2 Å². The van der Waals surface area contributed by atoms with Crippen LogP contribution in [0.25, 0.3) is 0 Å². The van der Waals surface area contributed by atoms with E-state index in [1.807, 2.05) is 0 Å². The first-order valence-corrected chi connectivity index (χ1v) is 9.60. The Labute approximate surface area is 130 Å². The van der Waals surface area contributed by atoms with E-state index in [2.05, 4.69) is 5.32 Å². The first kappa shape index (κ1) is 16.3. The number of hydrogen-bond donors (Lipinski definition) is 1. The van der Waals surface area contributed by atoms with Crippen LogP contribution in [0.3, 0.4) is 0 Å². The molecule has 1 aromatic rings. The zero-order valence-electron chi connectivity index (χ0n) is 11.8. The van der Waals surface area contributed by atoms with Crippen molar-refractivity contribution in [2.24, 2.45) is 5.92 Å². The molecule has 116 valence electrons.